The summed E-state index contributed by atoms with van der Waals surface area (Å²) in [4.78, 5) is 0. The summed E-state index contributed by atoms with van der Waals surface area (Å²) in [5.74, 6) is 3.44. The van der Waals surface area contributed by atoms with Gasteiger partial charge in [-0.05, 0) is 23.7 Å². The van der Waals surface area contributed by atoms with Gasteiger partial charge in [0, 0.05) is 0 Å². The number of rotatable bonds is 2. The molecule has 4 aliphatic rings. The van der Waals surface area contributed by atoms with Gasteiger partial charge >= 0.3 is 26.2 Å². The monoisotopic (exact) mass is 640 g/mol. The Morgan fingerprint density at radius 1 is 0.590 bits per heavy atom. The van der Waals surface area contributed by atoms with E-state index in [-0.39, 0.29) is 61.8 Å². The molecule has 0 heterocycles. The standard InChI is InChI=1S/2C18H23.2ClH.Zr/c2*1-13-7-9-16(10-8-13)18(3)11-15-6-4-5-14(2)17(15)12-18;;;/h2*4-6,11,13,16H,7-10H2,1-3H3;2*1H;/q2*-1;;;+2. The normalized spacial score (nSPS) is 31.9. The topological polar surface area (TPSA) is 0 Å². The van der Waals surface area contributed by atoms with Gasteiger partial charge in [-0.1, -0.05) is 116 Å². The third-order valence-corrected chi connectivity index (χ3v) is 10.0. The van der Waals surface area contributed by atoms with Crippen LogP contribution in [-0.4, -0.2) is 0 Å². The zero-order chi connectivity index (χ0) is 25.5. The molecule has 0 bridgehead atoms. The second-order valence-corrected chi connectivity index (χ2v) is 13.1. The predicted octanol–water partition coefficient (Wildman–Crippen LogP) is 7.40. The average molecular weight is 643 g/mol. The largest absolute Gasteiger partial charge is 2.00 e. The van der Waals surface area contributed by atoms with Crippen LogP contribution >= 0.6 is 24.8 Å². The Morgan fingerprint density at radius 3 is 1.23 bits per heavy atom. The summed E-state index contributed by atoms with van der Waals surface area (Å²) >= 11 is 0. The van der Waals surface area contributed by atoms with E-state index >= 15 is 0 Å². The summed E-state index contributed by atoms with van der Waals surface area (Å²) < 4.78 is 0. The van der Waals surface area contributed by atoms with Crippen LogP contribution in [0.3, 0.4) is 0 Å². The van der Waals surface area contributed by atoms with E-state index in [1.807, 2.05) is 0 Å². The smallest absolute Gasteiger partial charge is 0.191 e. The number of fused-ring (bicyclic) bond motifs is 2. The van der Waals surface area contributed by atoms with Crippen LogP contribution in [-0.2, 0) is 26.2 Å². The second kappa shape index (κ2) is 14.0. The summed E-state index contributed by atoms with van der Waals surface area (Å²) in [6.07, 6.45) is 23.6. The molecule has 2 aromatic rings. The molecule has 6 rings (SSSR count). The van der Waals surface area contributed by atoms with Crippen molar-refractivity contribution in [1.29, 1.82) is 0 Å². The first-order valence-corrected chi connectivity index (χ1v) is 14.6. The van der Waals surface area contributed by atoms with E-state index in [1.165, 1.54) is 83.4 Å². The Balaban J connectivity index is 0.000000254. The number of hydrogen-bond acceptors (Lipinski definition) is 0. The van der Waals surface area contributed by atoms with Crippen LogP contribution in [0.4, 0.5) is 0 Å². The molecule has 0 radical (unpaired) electrons. The van der Waals surface area contributed by atoms with Crippen molar-refractivity contribution in [3.63, 3.8) is 0 Å². The van der Waals surface area contributed by atoms with Crippen LogP contribution in [0.2, 0.25) is 0 Å². The fraction of sp³-hybridized carbons (Fsp3) is 0.556. The summed E-state index contributed by atoms with van der Waals surface area (Å²) in [7, 11) is 0. The van der Waals surface area contributed by atoms with Gasteiger partial charge in [0.1, 0.15) is 0 Å². The van der Waals surface area contributed by atoms with E-state index in [0.29, 0.717) is 0 Å². The molecule has 210 valence electrons. The zero-order valence-electron chi connectivity index (χ0n) is 24.9. The Labute approximate surface area is 269 Å². The van der Waals surface area contributed by atoms with Gasteiger partial charge in [0.2, 0.25) is 0 Å². The van der Waals surface area contributed by atoms with Crippen molar-refractivity contribution in [3.8, 4) is 0 Å². The molecule has 0 N–H and O–H groups in total. The maximum absolute atomic E-state index is 3.81. The fourth-order valence-corrected chi connectivity index (χ4v) is 7.38. The molecular weight excluding hydrogens is 595 g/mol. The van der Waals surface area contributed by atoms with E-state index in [4.69, 9.17) is 0 Å². The van der Waals surface area contributed by atoms with Gasteiger partial charge in [0.15, 0.2) is 0 Å². The molecule has 2 atom stereocenters. The molecule has 2 unspecified atom stereocenters. The maximum atomic E-state index is 3.81. The third-order valence-electron chi connectivity index (χ3n) is 10.0. The van der Waals surface area contributed by atoms with Gasteiger partial charge in [0.25, 0.3) is 0 Å². The Kier molecular flexibility index (Phi) is 12.4. The number of benzene rings is 2. The van der Waals surface area contributed by atoms with Gasteiger partial charge in [0.05, 0.1) is 0 Å². The fourth-order valence-electron chi connectivity index (χ4n) is 7.38. The first-order chi connectivity index (χ1) is 17.2. The van der Waals surface area contributed by atoms with Crippen LogP contribution in [0.1, 0.15) is 90.2 Å². The molecule has 0 saturated heterocycles. The molecule has 2 fully saturated rings. The van der Waals surface area contributed by atoms with Crippen molar-refractivity contribution in [2.24, 2.45) is 34.5 Å². The SMILES string of the molecule is Cc1cccc2c1=[C-]C(C)(C1CCC(C)CC1)C=2.Cc1cccc2c1=[C-]C(C)(C1CCC(C)CC1)C=2.Cl.Cl.[Zr+2]. The maximum Gasteiger partial charge on any atom is 2.00 e. The van der Waals surface area contributed by atoms with Crippen molar-refractivity contribution in [2.75, 3.05) is 0 Å². The molecule has 0 aliphatic heterocycles. The molecule has 3 heteroatoms. The van der Waals surface area contributed by atoms with Gasteiger partial charge in [-0.15, -0.1) is 71.7 Å². The number of aryl methyl sites for hydroxylation is 2. The minimum absolute atomic E-state index is 0. The summed E-state index contributed by atoms with van der Waals surface area (Å²) in [6, 6.07) is 13.2. The van der Waals surface area contributed by atoms with Crippen LogP contribution in [0.15, 0.2) is 36.4 Å². The van der Waals surface area contributed by atoms with E-state index in [1.54, 1.807) is 0 Å². The molecular formula is C36H48Cl2Zr. The van der Waals surface area contributed by atoms with E-state index in [2.05, 4.69) is 102 Å². The van der Waals surface area contributed by atoms with Crippen molar-refractivity contribution in [2.45, 2.75) is 92.9 Å². The molecule has 0 aromatic heterocycles. The van der Waals surface area contributed by atoms with Crippen molar-refractivity contribution in [1.82, 2.24) is 0 Å². The molecule has 2 saturated carbocycles. The average Bonchev–Trinajstić information content (AvgIpc) is 3.40. The van der Waals surface area contributed by atoms with Gasteiger partial charge in [-0.2, -0.15) is 33.7 Å². The van der Waals surface area contributed by atoms with Crippen LogP contribution < -0.4 is 20.9 Å². The Hall–Kier alpha value is -0.617. The first-order valence-electron chi connectivity index (χ1n) is 14.6. The molecule has 2 aromatic carbocycles. The van der Waals surface area contributed by atoms with Crippen molar-refractivity contribution < 1.29 is 26.2 Å². The van der Waals surface area contributed by atoms with Crippen molar-refractivity contribution >= 4 is 49.1 Å². The molecule has 0 nitrogen and oxygen atoms in total. The third kappa shape index (κ3) is 7.43. The Morgan fingerprint density at radius 2 is 0.923 bits per heavy atom. The summed E-state index contributed by atoms with van der Waals surface area (Å²) in [5, 5.41) is 5.52. The van der Waals surface area contributed by atoms with Gasteiger partial charge < -0.3 is 0 Å². The Bertz CT molecular complexity index is 1240. The number of hydrogen-bond donors (Lipinski definition) is 0. The van der Waals surface area contributed by atoms with Crippen LogP contribution in [0, 0.1) is 48.3 Å². The van der Waals surface area contributed by atoms with E-state index in [0.717, 1.165) is 23.7 Å². The predicted molar refractivity (Wildman–Crippen MR) is 170 cm³/mol. The van der Waals surface area contributed by atoms with E-state index < -0.39 is 0 Å². The minimum atomic E-state index is 0. The minimum Gasteiger partial charge on any atom is -0.191 e. The van der Waals surface area contributed by atoms with Crippen molar-refractivity contribution in [3.05, 3.63) is 68.4 Å². The first kappa shape index (κ1) is 34.6. The second-order valence-electron chi connectivity index (χ2n) is 13.1. The van der Waals surface area contributed by atoms with Crippen LogP contribution in [0.25, 0.3) is 24.3 Å². The molecule has 4 aliphatic carbocycles. The quantitative estimate of drug-likeness (QED) is 0.300. The summed E-state index contributed by atoms with van der Waals surface area (Å²) in [6.45, 7) is 14.0. The van der Waals surface area contributed by atoms with Gasteiger partial charge in [-0.25, -0.2) is 0 Å². The number of halogens is 2. The van der Waals surface area contributed by atoms with Crippen LogP contribution in [0.5, 0.6) is 0 Å². The summed E-state index contributed by atoms with van der Waals surface area (Å²) in [5.41, 5.74) is 3.09. The van der Waals surface area contributed by atoms with E-state index in [9.17, 15) is 0 Å². The molecule has 0 amide bonds. The van der Waals surface area contributed by atoms with Gasteiger partial charge in [-0.3, -0.25) is 0 Å². The zero-order valence-corrected chi connectivity index (χ0v) is 29.0. The molecule has 0 spiro atoms. The molecule has 39 heavy (non-hydrogen) atoms.